The topological polar surface area (TPSA) is 66.4 Å². The van der Waals surface area contributed by atoms with Crippen molar-refractivity contribution in [2.24, 2.45) is 0 Å². The van der Waals surface area contributed by atoms with Crippen molar-refractivity contribution in [2.75, 3.05) is 13.7 Å². The van der Waals surface area contributed by atoms with Gasteiger partial charge in [-0.05, 0) is 65.2 Å². The Morgan fingerprint density at radius 3 is 2.00 bits per heavy atom. The van der Waals surface area contributed by atoms with Crippen LogP contribution in [0.15, 0.2) is 66.7 Å². The molecule has 1 heterocycles. The fourth-order valence-electron chi connectivity index (χ4n) is 5.50. The van der Waals surface area contributed by atoms with Gasteiger partial charge in [0, 0.05) is 11.0 Å². The zero-order chi connectivity index (χ0) is 31.6. The number of aliphatic hydroxyl groups is 1. The van der Waals surface area contributed by atoms with Crippen LogP contribution in [0.5, 0.6) is 17.2 Å². The molecule has 9 heteroatoms. The van der Waals surface area contributed by atoms with E-state index in [0.717, 1.165) is 33.8 Å². The fourth-order valence-corrected chi connectivity index (χ4v) is 8.35. The van der Waals surface area contributed by atoms with E-state index in [9.17, 15) is 5.11 Å². The molecular weight excluding hydrogens is 589 g/mol. The van der Waals surface area contributed by atoms with Crippen LogP contribution in [0.1, 0.15) is 62.8 Å². The van der Waals surface area contributed by atoms with Crippen LogP contribution in [0.4, 0.5) is 0 Å². The standard InChI is InChI=1S/C34H50O6Si3/c1-32(2,3)43(9,10)40-27-16-11-23(12-17-27)29-22-37-30-21-25(33(4,5)31(38-41-7)39-42-8)15-20-28(30)34(29,35)24-13-18-26(36-6)19-14-24/h11-21,29,31,35H,22,41-42H2,1-10H3. The molecule has 0 bridgehead atoms. The third kappa shape index (κ3) is 6.67. The van der Waals surface area contributed by atoms with Gasteiger partial charge >= 0.3 is 0 Å². The number of hydrogen-bond acceptors (Lipinski definition) is 6. The van der Waals surface area contributed by atoms with Crippen molar-refractivity contribution in [3.8, 4) is 17.2 Å². The molecule has 6 nitrogen and oxygen atoms in total. The normalized spacial score (nSPS) is 20.3. The third-order valence-corrected chi connectivity index (χ3v) is 14.9. The highest BCUT2D eigenvalue weighted by molar-refractivity contribution is 6.74. The molecule has 0 amide bonds. The Morgan fingerprint density at radius 2 is 1.47 bits per heavy atom. The van der Waals surface area contributed by atoms with E-state index in [2.05, 4.69) is 85.1 Å². The summed E-state index contributed by atoms with van der Waals surface area (Å²) < 4.78 is 30.7. The van der Waals surface area contributed by atoms with Crippen LogP contribution < -0.4 is 13.9 Å². The van der Waals surface area contributed by atoms with Gasteiger partial charge in [-0.3, -0.25) is 0 Å². The van der Waals surface area contributed by atoms with Gasteiger partial charge in [-0.1, -0.05) is 84.1 Å². The molecule has 1 aliphatic heterocycles. The first-order valence-electron chi connectivity index (χ1n) is 15.4. The fraction of sp³-hybridized carbons (Fsp3) is 0.471. The predicted octanol–water partition coefficient (Wildman–Crippen LogP) is 6.39. The van der Waals surface area contributed by atoms with Gasteiger partial charge in [0.1, 0.15) is 29.1 Å². The van der Waals surface area contributed by atoms with Crippen LogP contribution >= 0.6 is 0 Å². The average Bonchev–Trinajstić information content (AvgIpc) is 2.97. The summed E-state index contributed by atoms with van der Waals surface area (Å²) in [7, 11) is -1.65. The number of methoxy groups -OCH3 is 1. The maximum Gasteiger partial charge on any atom is 0.250 e. The molecule has 0 saturated carbocycles. The van der Waals surface area contributed by atoms with Crippen LogP contribution in [0, 0.1) is 0 Å². The number of fused-ring (bicyclic) bond motifs is 1. The molecule has 0 spiro atoms. The molecular formula is C34H50O6Si3. The maximum absolute atomic E-state index is 12.8. The molecule has 3 aromatic rings. The number of ether oxygens (including phenoxy) is 2. The van der Waals surface area contributed by atoms with E-state index >= 15 is 0 Å². The van der Waals surface area contributed by atoms with Gasteiger partial charge in [-0.25, -0.2) is 0 Å². The van der Waals surface area contributed by atoms with Crippen molar-refractivity contribution in [1.29, 1.82) is 0 Å². The quantitative estimate of drug-likeness (QED) is 0.194. The maximum atomic E-state index is 12.8. The van der Waals surface area contributed by atoms with Gasteiger partial charge in [-0.2, -0.15) is 0 Å². The molecule has 3 aromatic carbocycles. The smallest absolute Gasteiger partial charge is 0.250 e. The van der Waals surface area contributed by atoms with Crippen LogP contribution in [-0.4, -0.2) is 53.0 Å². The van der Waals surface area contributed by atoms with Gasteiger partial charge in [0.25, 0.3) is 0 Å². The van der Waals surface area contributed by atoms with Gasteiger partial charge in [0.05, 0.1) is 19.6 Å². The Labute approximate surface area is 264 Å². The molecule has 43 heavy (non-hydrogen) atoms. The minimum absolute atomic E-state index is 0.101. The van der Waals surface area contributed by atoms with E-state index < -0.39 is 33.4 Å². The molecule has 4 rings (SSSR count). The second-order valence-electron chi connectivity index (χ2n) is 13.5. The van der Waals surface area contributed by atoms with Gasteiger partial charge in [-0.15, -0.1) is 0 Å². The molecule has 234 valence electrons. The first-order chi connectivity index (χ1) is 20.2. The van der Waals surface area contributed by atoms with Crippen molar-refractivity contribution in [2.45, 2.75) is 89.1 Å². The highest BCUT2D eigenvalue weighted by Crippen LogP contribution is 2.51. The lowest BCUT2D eigenvalue weighted by atomic mass is 9.71. The Balaban J connectivity index is 1.77. The first-order valence-corrected chi connectivity index (χ1v) is 22.2. The Kier molecular flexibility index (Phi) is 10.0. The van der Waals surface area contributed by atoms with Gasteiger partial charge < -0.3 is 27.9 Å². The van der Waals surface area contributed by atoms with E-state index in [1.807, 2.05) is 42.5 Å². The summed E-state index contributed by atoms with van der Waals surface area (Å²) in [4.78, 5) is 0. The van der Waals surface area contributed by atoms with E-state index in [1.54, 1.807) is 7.11 Å². The third-order valence-electron chi connectivity index (χ3n) is 9.26. The van der Waals surface area contributed by atoms with Crippen LogP contribution in [-0.2, 0) is 19.9 Å². The predicted molar refractivity (Wildman–Crippen MR) is 183 cm³/mol. The molecule has 0 aromatic heterocycles. The summed E-state index contributed by atoms with van der Waals surface area (Å²) in [6.45, 7) is 20.1. The van der Waals surface area contributed by atoms with Crippen molar-refractivity contribution in [1.82, 2.24) is 0 Å². The minimum Gasteiger partial charge on any atom is -0.544 e. The summed E-state index contributed by atoms with van der Waals surface area (Å²) >= 11 is 0. The van der Waals surface area contributed by atoms with E-state index in [4.69, 9.17) is 22.8 Å². The van der Waals surface area contributed by atoms with Gasteiger partial charge in [0.15, 0.2) is 19.5 Å². The summed E-state index contributed by atoms with van der Waals surface area (Å²) in [5.41, 5.74) is 1.86. The SMILES string of the molecule is COc1ccc(C2(O)c3ccc(C(C)(C)C(O[SiH2]C)O[SiH2]C)cc3OCC2c2ccc(O[Si](C)(C)C(C)(C)C)cc2)cc1. The molecule has 0 fully saturated rings. The molecule has 1 N–H and O–H groups in total. The lowest BCUT2D eigenvalue weighted by Crippen LogP contribution is -2.44. The number of benzene rings is 3. The van der Waals surface area contributed by atoms with Gasteiger partial charge in [0.2, 0.25) is 8.32 Å². The van der Waals surface area contributed by atoms with E-state index in [1.165, 1.54) is 0 Å². The van der Waals surface area contributed by atoms with Crippen LogP contribution in [0.2, 0.25) is 31.2 Å². The lowest BCUT2D eigenvalue weighted by Gasteiger charge is -2.43. The lowest BCUT2D eigenvalue weighted by molar-refractivity contribution is -0.0435. The molecule has 1 aliphatic rings. The Morgan fingerprint density at radius 1 is 0.884 bits per heavy atom. The van der Waals surface area contributed by atoms with Crippen LogP contribution in [0.25, 0.3) is 0 Å². The highest BCUT2D eigenvalue weighted by Gasteiger charge is 2.47. The molecule has 0 saturated heterocycles. The van der Waals surface area contributed by atoms with Crippen LogP contribution in [0.3, 0.4) is 0 Å². The second-order valence-corrected chi connectivity index (χ2v) is 20.0. The van der Waals surface area contributed by atoms with Crippen molar-refractivity contribution in [3.63, 3.8) is 0 Å². The molecule has 2 atom stereocenters. The van der Waals surface area contributed by atoms with Crippen molar-refractivity contribution >= 4 is 27.8 Å². The van der Waals surface area contributed by atoms with Crippen molar-refractivity contribution in [3.05, 3.63) is 89.0 Å². The summed E-state index contributed by atoms with van der Waals surface area (Å²) in [6.07, 6.45) is -0.289. The van der Waals surface area contributed by atoms with E-state index in [0.29, 0.717) is 12.4 Å². The monoisotopic (exact) mass is 638 g/mol. The Hall–Kier alpha value is -2.41. The summed E-state index contributed by atoms with van der Waals surface area (Å²) in [6, 6.07) is 22.0. The highest BCUT2D eigenvalue weighted by atomic mass is 28.4. The number of rotatable bonds is 11. The number of hydrogen-bond donors (Lipinski definition) is 1. The summed E-state index contributed by atoms with van der Waals surface area (Å²) in [5, 5.41) is 12.9. The zero-order valence-electron chi connectivity index (χ0n) is 27.6. The zero-order valence-corrected chi connectivity index (χ0v) is 31.4. The van der Waals surface area contributed by atoms with E-state index in [-0.39, 0.29) is 22.7 Å². The average molecular weight is 639 g/mol. The first kappa shape index (κ1) is 33.5. The minimum atomic E-state index is -1.98. The molecule has 0 aliphatic carbocycles. The van der Waals surface area contributed by atoms with Crippen molar-refractivity contribution < 1.29 is 27.9 Å². The molecule has 0 radical (unpaired) electrons. The molecule has 2 unspecified atom stereocenters. The summed E-state index contributed by atoms with van der Waals surface area (Å²) in [5.74, 6) is 1.94. The Bertz CT molecular complexity index is 1360. The largest absolute Gasteiger partial charge is 0.544 e. The second kappa shape index (κ2) is 12.9.